The van der Waals surface area contributed by atoms with Crippen molar-refractivity contribution in [2.45, 2.75) is 0 Å². The molecule has 1 aliphatic carbocycles. The maximum absolute atomic E-state index is 12.1. The van der Waals surface area contributed by atoms with Crippen molar-refractivity contribution in [2.75, 3.05) is 5.73 Å². The van der Waals surface area contributed by atoms with Gasteiger partial charge in [-0.15, -0.1) is 0 Å². The number of carbonyl (C=O) groups excluding carboxylic acids is 1. The minimum atomic E-state index is -0.0561. The van der Waals surface area contributed by atoms with E-state index in [0.29, 0.717) is 26.9 Å². The predicted octanol–water partition coefficient (Wildman–Crippen LogP) is 3.79. The molecule has 1 aliphatic rings. The van der Waals surface area contributed by atoms with Gasteiger partial charge in [-0.25, -0.2) is 0 Å². The van der Waals surface area contributed by atoms with Crippen molar-refractivity contribution < 1.29 is 4.79 Å². The van der Waals surface area contributed by atoms with E-state index < -0.39 is 0 Å². The van der Waals surface area contributed by atoms with Crippen LogP contribution in [-0.4, -0.2) is 5.78 Å². The van der Waals surface area contributed by atoms with E-state index >= 15 is 0 Å². The Morgan fingerprint density at radius 2 is 1.59 bits per heavy atom. The number of fused-ring (bicyclic) bond motifs is 3. The van der Waals surface area contributed by atoms with Crippen LogP contribution in [0, 0.1) is 0 Å². The Morgan fingerprint density at radius 1 is 0.882 bits per heavy atom. The van der Waals surface area contributed by atoms with E-state index in [1.807, 2.05) is 6.07 Å². The molecule has 2 aromatic rings. The Labute approximate surface area is 108 Å². The molecule has 2 N–H and O–H groups in total. The first kappa shape index (κ1) is 10.6. The Bertz CT molecular complexity index is 665. The SMILES string of the molecule is Nc1cc2c(cc1Cl)C(=O)c1cc(Cl)ccc1-2. The molecule has 0 saturated carbocycles. The first-order chi connectivity index (χ1) is 8.08. The lowest BCUT2D eigenvalue weighted by molar-refractivity contribution is 0.104. The number of hydrogen-bond acceptors (Lipinski definition) is 2. The molecule has 3 rings (SSSR count). The number of nitrogens with two attached hydrogens (primary N) is 1. The van der Waals surface area contributed by atoms with Crippen LogP contribution >= 0.6 is 23.2 Å². The topological polar surface area (TPSA) is 43.1 Å². The first-order valence-corrected chi connectivity index (χ1v) is 5.77. The number of halogens is 2. The third-order valence-electron chi connectivity index (χ3n) is 2.90. The van der Waals surface area contributed by atoms with Crippen molar-refractivity contribution in [2.24, 2.45) is 0 Å². The minimum Gasteiger partial charge on any atom is -0.398 e. The van der Waals surface area contributed by atoms with Crippen molar-refractivity contribution >= 4 is 34.7 Å². The van der Waals surface area contributed by atoms with Gasteiger partial charge in [0.15, 0.2) is 5.78 Å². The quantitative estimate of drug-likeness (QED) is 0.628. The molecule has 0 atom stereocenters. The molecule has 4 heteroatoms. The maximum Gasteiger partial charge on any atom is 0.194 e. The predicted molar refractivity (Wildman–Crippen MR) is 69.7 cm³/mol. The van der Waals surface area contributed by atoms with Crippen LogP contribution in [-0.2, 0) is 0 Å². The molecular weight excluding hydrogens is 257 g/mol. The molecule has 0 spiro atoms. The molecule has 0 heterocycles. The van der Waals surface area contributed by atoms with E-state index in [2.05, 4.69) is 0 Å². The average Bonchev–Trinajstić information content (AvgIpc) is 2.54. The number of benzene rings is 2. The van der Waals surface area contributed by atoms with E-state index in [-0.39, 0.29) is 5.78 Å². The van der Waals surface area contributed by atoms with Gasteiger partial charge in [-0.1, -0.05) is 29.3 Å². The second kappa shape index (κ2) is 3.49. The fourth-order valence-electron chi connectivity index (χ4n) is 2.08. The normalized spacial score (nSPS) is 12.5. The highest BCUT2D eigenvalue weighted by Crippen LogP contribution is 2.40. The molecule has 0 radical (unpaired) electrons. The van der Waals surface area contributed by atoms with E-state index in [1.54, 1.807) is 24.3 Å². The van der Waals surface area contributed by atoms with Crippen LogP contribution in [0.15, 0.2) is 30.3 Å². The molecular formula is C13H7Cl2NO. The third-order valence-corrected chi connectivity index (χ3v) is 3.46. The highest BCUT2D eigenvalue weighted by atomic mass is 35.5. The van der Waals surface area contributed by atoms with Gasteiger partial charge in [-0.3, -0.25) is 4.79 Å². The second-order valence-electron chi connectivity index (χ2n) is 3.94. The van der Waals surface area contributed by atoms with Gasteiger partial charge < -0.3 is 5.73 Å². The van der Waals surface area contributed by atoms with Crippen LogP contribution in [0.2, 0.25) is 10.0 Å². The summed E-state index contributed by atoms with van der Waals surface area (Å²) < 4.78 is 0. The Balaban J connectivity index is 2.35. The molecule has 0 saturated heterocycles. The van der Waals surface area contributed by atoms with E-state index in [9.17, 15) is 4.79 Å². The standard InChI is InChI=1S/C13H7Cl2NO/c14-6-1-2-7-8-5-12(16)11(15)4-10(8)13(17)9(7)3-6/h1-5H,16H2. The number of ketones is 1. The van der Waals surface area contributed by atoms with Crippen LogP contribution in [0.1, 0.15) is 15.9 Å². The minimum absolute atomic E-state index is 0.0561. The second-order valence-corrected chi connectivity index (χ2v) is 4.78. The molecule has 0 amide bonds. The van der Waals surface area contributed by atoms with E-state index in [0.717, 1.165) is 11.1 Å². The van der Waals surface area contributed by atoms with Crippen LogP contribution in [0.4, 0.5) is 5.69 Å². The van der Waals surface area contributed by atoms with Crippen molar-refractivity contribution in [3.8, 4) is 11.1 Å². The number of hydrogen-bond donors (Lipinski definition) is 1. The van der Waals surface area contributed by atoms with Crippen molar-refractivity contribution in [1.29, 1.82) is 0 Å². The summed E-state index contributed by atoms with van der Waals surface area (Å²) in [6, 6.07) is 8.60. The van der Waals surface area contributed by atoms with Gasteiger partial charge in [-0.05, 0) is 35.4 Å². The molecule has 2 aromatic carbocycles. The molecule has 0 fully saturated rings. The van der Waals surface area contributed by atoms with E-state index in [4.69, 9.17) is 28.9 Å². The highest BCUT2D eigenvalue weighted by molar-refractivity contribution is 6.35. The van der Waals surface area contributed by atoms with Gasteiger partial charge in [0.25, 0.3) is 0 Å². The van der Waals surface area contributed by atoms with Crippen molar-refractivity contribution in [3.63, 3.8) is 0 Å². The fourth-order valence-corrected chi connectivity index (χ4v) is 2.42. The van der Waals surface area contributed by atoms with Crippen LogP contribution < -0.4 is 5.73 Å². The molecule has 0 aromatic heterocycles. The van der Waals surface area contributed by atoms with Gasteiger partial charge in [-0.2, -0.15) is 0 Å². The average molecular weight is 264 g/mol. The van der Waals surface area contributed by atoms with Crippen molar-refractivity contribution in [3.05, 3.63) is 51.5 Å². The lowest BCUT2D eigenvalue weighted by Gasteiger charge is -2.03. The summed E-state index contributed by atoms with van der Waals surface area (Å²) in [4.78, 5) is 12.1. The Kier molecular flexibility index (Phi) is 2.18. The fraction of sp³-hybridized carbons (Fsp3) is 0. The third kappa shape index (κ3) is 1.45. The monoisotopic (exact) mass is 263 g/mol. The van der Waals surface area contributed by atoms with Crippen LogP contribution in [0.3, 0.4) is 0 Å². The molecule has 0 aliphatic heterocycles. The van der Waals surface area contributed by atoms with E-state index in [1.165, 1.54) is 0 Å². The van der Waals surface area contributed by atoms with Gasteiger partial charge in [0.2, 0.25) is 0 Å². The lowest BCUT2D eigenvalue weighted by Crippen LogP contribution is -1.96. The number of rotatable bonds is 0. The summed E-state index contributed by atoms with van der Waals surface area (Å²) in [5, 5.41) is 0.944. The zero-order valence-corrected chi connectivity index (χ0v) is 10.1. The number of nitrogen functional groups attached to an aromatic ring is 1. The molecule has 0 bridgehead atoms. The summed E-state index contributed by atoms with van der Waals surface area (Å²) in [6.07, 6.45) is 0. The smallest absolute Gasteiger partial charge is 0.194 e. The van der Waals surface area contributed by atoms with Crippen molar-refractivity contribution in [1.82, 2.24) is 0 Å². The first-order valence-electron chi connectivity index (χ1n) is 5.01. The molecule has 0 unspecified atom stereocenters. The summed E-state index contributed by atoms with van der Waals surface area (Å²) in [5.74, 6) is -0.0561. The van der Waals surface area contributed by atoms with Crippen LogP contribution in [0.5, 0.6) is 0 Å². The molecule has 2 nitrogen and oxygen atoms in total. The van der Waals surface area contributed by atoms with Gasteiger partial charge in [0, 0.05) is 16.1 Å². The number of anilines is 1. The number of carbonyl (C=O) groups is 1. The largest absolute Gasteiger partial charge is 0.398 e. The summed E-state index contributed by atoms with van der Waals surface area (Å²) in [6.45, 7) is 0. The molecule has 17 heavy (non-hydrogen) atoms. The van der Waals surface area contributed by atoms with Gasteiger partial charge >= 0.3 is 0 Å². The summed E-state index contributed by atoms with van der Waals surface area (Å²) in [7, 11) is 0. The highest BCUT2D eigenvalue weighted by Gasteiger charge is 2.27. The van der Waals surface area contributed by atoms with Gasteiger partial charge in [0.1, 0.15) is 0 Å². The summed E-state index contributed by atoms with van der Waals surface area (Å²) >= 11 is 11.8. The maximum atomic E-state index is 12.1. The zero-order chi connectivity index (χ0) is 12.2. The van der Waals surface area contributed by atoms with Crippen LogP contribution in [0.25, 0.3) is 11.1 Å². The Hall–Kier alpha value is -1.51. The lowest BCUT2D eigenvalue weighted by atomic mass is 10.1. The Morgan fingerprint density at radius 3 is 2.35 bits per heavy atom. The zero-order valence-electron chi connectivity index (χ0n) is 8.63. The summed E-state index contributed by atoms with van der Waals surface area (Å²) in [5.41, 5.74) is 9.10. The van der Waals surface area contributed by atoms with Gasteiger partial charge in [0.05, 0.1) is 10.7 Å². The molecule has 84 valence electrons.